The maximum atomic E-state index is 12.6. The number of hydrogen-bond acceptors (Lipinski definition) is 6. The number of nitrogens with zero attached hydrogens (tertiary/aromatic N) is 7. The van der Waals surface area contributed by atoms with Crippen molar-refractivity contribution in [1.82, 2.24) is 34.4 Å². The lowest BCUT2D eigenvalue weighted by Gasteiger charge is -2.18. The van der Waals surface area contributed by atoms with Crippen molar-refractivity contribution in [2.24, 2.45) is 0 Å². The molecule has 1 aromatic carbocycles. The Bertz CT molecular complexity index is 1170. The van der Waals surface area contributed by atoms with E-state index in [1.54, 1.807) is 23.4 Å². The van der Waals surface area contributed by atoms with Gasteiger partial charge in [-0.2, -0.15) is 0 Å². The first-order valence-electron chi connectivity index (χ1n) is 9.18. The number of anilines is 1. The standard InChI is InChI=1S/C19H17IN8O/c20-13-1-3-15(4-2-13)28-12-23-16(25-28)19(29)24-14-5-8-27(11-14)18-17-21-6-9-26(17)10-7-22-18/h1-4,6-7,9-10,12,14H,5,8,11H2,(H,24,29). The number of carbonyl (C=O) groups excluding carboxylic acids is 1. The van der Waals surface area contributed by atoms with Crippen molar-refractivity contribution in [1.29, 1.82) is 0 Å². The molecule has 1 N–H and O–H groups in total. The average molecular weight is 500 g/mol. The molecule has 0 saturated carbocycles. The topological polar surface area (TPSA) is 93.2 Å². The highest BCUT2D eigenvalue weighted by Gasteiger charge is 2.27. The van der Waals surface area contributed by atoms with E-state index in [9.17, 15) is 4.79 Å². The van der Waals surface area contributed by atoms with Gasteiger partial charge in [-0.25, -0.2) is 19.6 Å². The zero-order chi connectivity index (χ0) is 19.8. The third kappa shape index (κ3) is 3.55. The fourth-order valence-corrected chi connectivity index (χ4v) is 3.83. The molecule has 0 radical (unpaired) electrons. The molecule has 146 valence electrons. The Balaban J connectivity index is 1.26. The maximum absolute atomic E-state index is 12.6. The summed E-state index contributed by atoms with van der Waals surface area (Å²) >= 11 is 2.25. The second-order valence-electron chi connectivity index (χ2n) is 6.80. The maximum Gasteiger partial charge on any atom is 0.291 e. The summed E-state index contributed by atoms with van der Waals surface area (Å²) in [4.78, 5) is 27.8. The molecule has 9 nitrogen and oxygen atoms in total. The molecule has 3 aromatic heterocycles. The first-order valence-corrected chi connectivity index (χ1v) is 10.3. The van der Waals surface area contributed by atoms with E-state index in [-0.39, 0.29) is 17.8 Å². The summed E-state index contributed by atoms with van der Waals surface area (Å²) in [6.07, 6.45) is 9.67. The average Bonchev–Trinajstić information content (AvgIpc) is 3.48. The fraction of sp³-hybridized carbons (Fsp3) is 0.211. The third-order valence-electron chi connectivity index (χ3n) is 4.90. The molecular weight excluding hydrogens is 483 g/mol. The van der Waals surface area contributed by atoms with Crippen LogP contribution in [-0.4, -0.2) is 54.2 Å². The van der Waals surface area contributed by atoms with Crippen molar-refractivity contribution < 1.29 is 4.79 Å². The van der Waals surface area contributed by atoms with Crippen LogP contribution in [0.4, 0.5) is 5.82 Å². The van der Waals surface area contributed by atoms with E-state index in [2.05, 4.69) is 52.9 Å². The van der Waals surface area contributed by atoms with Crippen molar-refractivity contribution in [2.45, 2.75) is 12.5 Å². The van der Waals surface area contributed by atoms with Gasteiger partial charge in [-0.15, -0.1) is 5.10 Å². The van der Waals surface area contributed by atoms with Gasteiger partial charge in [0, 0.05) is 47.5 Å². The Morgan fingerprint density at radius 1 is 1.10 bits per heavy atom. The monoisotopic (exact) mass is 500 g/mol. The number of fused-ring (bicyclic) bond motifs is 1. The summed E-state index contributed by atoms with van der Waals surface area (Å²) in [7, 11) is 0. The largest absolute Gasteiger partial charge is 0.351 e. The molecule has 1 aliphatic rings. The van der Waals surface area contributed by atoms with Gasteiger partial charge in [0.15, 0.2) is 11.5 Å². The molecule has 1 amide bonds. The van der Waals surface area contributed by atoms with E-state index in [4.69, 9.17) is 0 Å². The Morgan fingerprint density at radius 3 is 2.72 bits per heavy atom. The van der Waals surface area contributed by atoms with Gasteiger partial charge in [-0.05, 0) is 53.3 Å². The number of benzene rings is 1. The Labute approximate surface area is 179 Å². The van der Waals surface area contributed by atoms with E-state index in [1.165, 1.54) is 0 Å². The van der Waals surface area contributed by atoms with Crippen molar-refractivity contribution in [3.05, 3.63) is 64.8 Å². The number of aromatic nitrogens is 6. The molecule has 4 heterocycles. The van der Waals surface area contributed by atoms with E-state index in [0.717, 1.165) is 33.7 Å². The number of hydrogen-bond donors (Lipinski definition) is 1. The lowest BCUT2D eigenvalue weighted by atomic mass is 10.2. The Kier molecular flexibility index (Phi) is 4.62. The van der Waals surface area contributed by atoms with Crippen molar-refractivity contribution in [2.75, 3.05) is 18.0 Å². The SMILES string of the molecule is O=C(NC1CCN(c2nccn3ccnc23)C1)c1ncn(-c2ccc(I)cc2)n1. The molecular formula is C19H17IN8O. The summed E-state index contributed by atoms with van der Waals surface area (Å²) < 4.78 is 4.68. The van der Waals surface area contributed by atoms with Crippen LogP contribution in [0.3, 0.4) is 0 Å². The summed E-state index contributed by atoms with van der Waals surface area (Å²) in [5.41, 5.74) is 1.68. The second-order valence-corrected chi connectivity index (χ2v) is 8.05. The lowest BCUT2D eigenvalue weighted by molar-refractivity contribution is 0.0930. The predicted octanol–water partition coefficient (Wildman–Crippen LogP) is 1.92. The summed E-state index contributed by atoms with van der Waals surface area (Å²) in [6, 6.07) is 7.86. The molecule has 1 saturated heterocycles. The smallest absolute Gasteiger partial charge is 0.291 e. The van der Waals surface area contributed by atoms with Gasteiger partial charge in [0.1, 0.15) is 6.33 Å². The molecule has 0 spiro atoms. The van der Waals surface area contributed by atoms with Gasteiger partial charge in [-0.3, -0.25) is 4.79 Å². The van der Waals surface area contributed by atoms with Crippen LogP contribution in [0.1, 0.15) is 17.0 Å². The van der Waals surface area contributed by atoms with Crippen LogP contribution >= 0.6 is 22.6 Å². The van der Waals surface area contributed by atoms with Crippen molar-refractivity contribution >= 4 is 40.0 Å². The molecule has 1 aliphatic heterocycles. The molecule has 29 heavy (non-hydrogen) atoms. The number of amides is 1. The van der Waals surface area contributed by atoms with Crippen molar-refractivity contribution in [3.63, 3.8) is 0 Å². The fourth-order valence-electron chi connectivity index (χ4n) is 3.47. The lowest BCUT2D eigenvalue weighted by Crippen LogP contribution is -2.37. The van der Waals surface area contributed by atoms with E-state index in [0.29, 0.717) is 6.54 Å². The highest BCUT2D eigenvalue weighted by atomic mass is 127. The molecule has 5 rings (SSSR count). The minimum atomic E-state index is -0.270. The second kappa shape index (κ2) is 7.43. The van der Waals surface area contributed by atoms with Crippen molar-refractivity contribution in [3.8, 4) is 5.69 Å². The number of halogens is 1. The van der Waals surface area contributed by atoms with E-state index in [1.807, 2.05) is 41.1 Å². The minimum absolute atomic E-state index is 0.00442. The molecule has 0 bridgehead atoms. The molecule has 0 aliphatic carbocycles. The van der Waals surface area contributed by atoms with Crippen LogP contribution in [0.15, 0.2) is 55.4 Å². The van der Waals surface area contributed by atoms with Crippen LogP contribution in [0.5, 0.6) is 0 Å². The summed E-state index contributed by atoms with van der Waals surface area (Å²) in [5.74, 6) is 0.721. The molecule has 1 atom stereocenters. The number of nitrogens with one attached hydrogen (secondary N) is 1. The van der Waals surface area contributed by atoms with Crippen LogP contribution in [0, 0.1) is 3.57 Å². The predicted molar refractivity (Wildman–Crippen MR) is 115 cm³/mol. The van der Waals surface area contributed by atoms with Gasteiger partial charge in [0.25, 0.3) is 5.91 Å². The third-order valence-corrected chi connectivity index (χ3v) is 5.62. The normalized spacial score (nSPS) is 16.4. The van der Waals surface area contributed by atoms with Crippen LogP contribution in [0.25, 0.3) is 11.3 Å². The van der Waals surface area contributed by atoms with Crippen LogP contribution in [-0.2, 0) is 0 Å². The van der Waals surface area contributed by atoms with Gasteiger partial charge < -0.3 is 14.6 Å². The summed E-state index contributed by atoms with van der Waals surface area (Å²) in [6.45, 7) is 1.47. The van der Waals surface area contributed by atoms with Gasteiger partial charge in [-0.1, -0.05) is 0 Å². The first kappa shape index (κ1) is 18.0. The molecule has 1 unspecified atom stereocenters. The first-order chi connectivity index (χ1) is 14.2. The van der Waals surface area contributed by atoms with Gasteiger partial charge in [0.2, 0.25) is 5.82 Å². The number of imidazole rings is 1. The molecule has 1 fully saturated rings. The minimum Gasteiger partial charge on any atom is -0.351 e. The number of carbonyl (C=O) groups is 1. The van der Waals surface area contributed by atoms with Crippen LogP contribution < -0.4 is 10.2 Å². The van der Waals surface area contributed by atoms with Gasteiger partial charge >= 0.3 is 0 Å². The zero-order valence-corrected chi connectivity index (χ0v) is 17.5. The quantitative estimate of drug-likeness (QED) is 0.431. The molecule has 10 heteroatoms. The van der Waals surface area contributed by atoms with Gasteiger partial charge in [0.05, 0.1) is 5.69 Å². The highest BCUT2D eigenvalue weighted by Crippen LogP contribution is 2.22. The Hall–Kier alpha value is -3.02. The number of rotatable bonds is 4. The van der Waals surface area contributed by atoms with E-state index < -0.39 is 0 Å². The summed E-state index contributed by atoms with van der Waals surface area (Å²) in [5, 5.41) is 7.35. The Morgan fingerprint density at radius 2 is 1.90 bits per heavy atom. The molecule has 4 aromatic rings. The van der Waals surface area contributed by atoms with Crippen LogP contribution in [0.2, 0.25) is 0 Å². The highest BCUT2D eigenvalue weighted by molar-refractivity contribution is 14.1. The van der Waals surface area contributed by atoms with E-state index >= 15 is 0 Å². The zero-order valence-electron chi connectivity index (χ0n) is 15.3.